The van der Waals surface area contributed by atoms with Gasteiger partial charge >= 0.3 is 0 Å². The van der Waals surface area contributed by atoms with Crippen LogP contribution < -0.4 is 0 Å². The molecule has 0 radical (unpaired) electrons. The van der Waals surface area contributed by atoms with Crippen LogP contribution in [-0.4, -0.2) is 42.0 Å². The van der Waals surface area contributed by atoms with Crippen molar-refractivity contribution >= 4 is 0 Å². The highest BCUT2D eigenvalue weighted by Crippen LogP contribution is 2.26. The molecule has 1 fully saturated rings. The molecule has 1 unspecified atom stereocenters. The van der Waals surface area contributed by atoms with E-state index in [1.54, 1.807) is 0 Å². The van der Waals surface area contributed by atoms with Gasteiger partial charge in [-0.2, -0.15) is 0 Å². The Bertz CT molecular complexity index is 571. The Morgan fingerprint density at radius 3 is 1.83 bits per heavy atom. The third-order valence-electron chi connectivity index (χ3n) is 4.98. The summed E-state index contributed by atoms with van der Waals surface area (Å²) in [5, 5.41) is 0. The number of nitrogens with zero attached hydrogens (tertiary/aromatic N) is 2. The first kappa shape index (κ1) is 16.2. The molecule has 0 aromatic heterocycles. The highest BCUT2D eigenvalue weighted by Gasteiger charge is 2.26. The van der Waals surface area contributed by atoms with Gasteiger partial charge in [0.15, 0.2) is 0 Å². The van der Waals surface area contributed by atoms with Crippen LogP contribution in [-0.2, 0) is 6.42 Å². The molecule has 0 amide bonds. The lowest BCUT2D eigenvalue weighted by molar-refractivity contribution is 0.0776. The van der Waals surface area contributed by atoms with E-state index in [1.165, 1.54) is 24.2 Å². The summed E-state index contributed by atoms with van der Waals surface area (Å²) in [7, 11) is 0. The molecule has 122 valence electrons. The molecule has 0 aliphatic carbocycles. The van der Waals surface area contributed by atoms with E-state index in [4.69, 9.17) is 0 Å². The first-order valence-electron chi connectivity index (χ1n) is 8.81. The van der Waals surface area contributed by atoms with E-state index in [0.29, 0.717) is 12.1 Å². The molecule has 1 heterocycles. The second-order valence-electron chi connectivity index (χ2n) is 6.78. The van der Waals surface area contributed by atoms with Gasteiger partial charge in [0, 0.05) is 38.3 Å². The average Bonchev–Trinajstić information content (AvgIpc) is 2.61. The number of rotatable bonds is 5. The third kappa shape index (κ3) is 4.21. The smallest absolute Gasteiger partial charge is 0.0389 e. The molecule has 3 rings (SSSR count). The largest absolute Gasteiger partial charge is 0.298 e. The van der Waals surface area contributed by atoms with Crippen molar-refractivity contribution in [2.45, 2.75) is 32.4 Å². The summed E-state index contributed by atoms with van der Waals surface area (Å²) < 4.78 is 0. The summed E-state index contributed by atoms with van der Waals surface area (Å²) in [6.07, 6.45) is 1.09. The molecule has 0 spiro atoms. The normalized spacial score (nSPS) is 18.2. The quantitative estimate of drug-likeness (QED) is 0.824. The molecular weight excluding hydrogens is 280 g/mol. The Labute approximate surface area is 140 Å². The number of hydrogen-bond acceptors (Lipinski definition) is 2. The van der Waals surface area contributed by atoms with Gasteiger partial charge in [-0.1, -0.05) is 60.7 Å². The molecule has 2 nitrogen and oxygen atoms in total. The van der Waals surface area contributed by atoms with Crippen LogP contribution in [0.5, 0.6) is 0 Å². The van der Waals surface area contributed by atoms with Gasteiger partial charge in [-0.25, -0.2) is 0 Å². The van der Waals surface area contributed by atoms with Gasteiger partial charge in [0.2, 0.25) is 0 Å². The lowest BCUT2D eigenvalue weighted by Crippen LogP contribution is -2.50. The van der Waals surface area contributed by atoms with Gasteiger partial charge in [-0.3, -0.25) is 9.80 Å². The molecule has 2 heteroatoms. The van der Waals surface area contributed by atoms with Crippen molar-refractivity contribution in [3.05, 3.63) is 71.8 Å². The van der Waals surface area contributed by atoms with E-state index >= 15 is 0 Å². The van der Waals surface area contributed by atoms with Crippen molar-refractivity contribution in [1.82, 2.24) is 9.80 Å². The molecule has 2 aromatic rings. The fourth-order valence-corrected chi connectivity index (χ4v) is 3.54. The van der Waals surface area contributed by atoms with E-state index < -0.39 is 0 Å². The van der Waals surface area contributed by atoms with E-state index in [-0.39, 0.29) is 0 Å². The van der Waals surface area contributed by atoms with Gasteiger partial charge in [0.25, 0.3) is 0 Å². The Balaban J connectivity index is 1.76. The standard InChI is InChI=1S/C21H28N2/c1-18(2)22-13-15-23(16-14-22)21(20-11-7-4-8-12-20)17-19-9-5-3-6-10-19/h3-12,18,21H,13-17H2,1-2H3. The summed E-state index contributed by atoms with van der Waals surface area (Å²) in [5.74, 6) is 0. The molecule has 1 aliphatic heterocycles. The zero-order chi connectivity index (χ0) is 16.1. The van der Waals surface area contributed by atoms with Crippen LogP contribution in [0.3, 0.4) is 0 Å². The molecular formula is C21H28N2. The predicted octanol–water partition coefficient (Wildman–Crippen LogP) is 4.00. The molecule has 1 aliphatic rings. The van der Waals surface area contributed by atoms with Crippen molar-refractivity contribution in [1.29, 1.82) is 0 Å². The van der Waals surface area contributed by atoms with Crippen molar-refractivity contribution in [2.24, 2.45) is 0 Å². The monoisotopic (exact) mass is 308 g/mol. The maximum absolute atomic E-state index is 2.67. The Morgan fingerprint density at radius 2 is 1.26 bits per heavy atom. The van der Waals surface area contributed by atoms with Gasteiger partial charge < -0.3 is 0 Å². The van der Waals surface area contributed by atoms with E-state index in [0.717, 1.165) is 19.5 Å². The second-order valence-corrected chi connectivity index (χ2v) is 6.78. The molecule has 23 heavy (non-hydrogen) atoms. The molecule has 0 bridgehead atoms. The van der Waals surface area contributed by atoms with Crippen molar-refractivity contribution in [3.8, 4) is 0 Å². The van der Waals surface area contributed by atoms with E-state index in [1.807, 2.05) is 0 Å². The number of hydrogen-bond donors (Lipinski definition) is 0. The minimum Gasteiger partial charge on any atom is -0.298 e. The van der Waals surface area contributed by atoms with Crippen LogP contribution in [0, 0.1) is 0 Å². The maximum Gasteiger partial charge on any atom is 0.0389 e. The van der Waals surface area contributed by atoms with Gasteiger partial charge in [0.05, 0.1) is 0 Å². The van der Waals surface area contributed by atoms with Crippen LogP contribution in [0.25, 0.3) is 0 Å². The lowest BCUT2D eigenvalue weighted by atomic mass is 9.96. The summed E-state index contributed by atoms with van der Waals surface area (Å²) in [6, 6.07) is 23.0. The summed E-state index contributed by atoms with van der Waals surface area (Å²) in [4.78, 5) is 5.25. The molecule has 0 N–H and O–H groups in total. The Kier molecular flexibility index (Phi) is 5.47. The lowest BCUT2D eigenvalue weighted by Gasteiger charge is -2.41. The Morgan fingerprint density at radius 1 is 0.739 bits per heavy atom. The van der Waals surface area contributed by atoms with Crippen LogP contribution >= 0.6 is 0 Å². The second kappa shape index (κ2) is 7.76. The highest BCUT2D eigenvalue weighted by atomic mass is 15.3. The highest BCUT2D eigenvalue weighted by molar-refractivity contribution is 5.24. The zero-order valence-corrected chi connectivity index (χ0v) is 14.4. The maximum atomic E-state index is 2.67. The topological polar surface area (TPSA) is 6.48 Å². The summed E-state index contributed by atoms with van der Waals surface area (Å²) in [5.41, 5.74) is 2.86. The van der Waals surface area contributed by atoms with Gasteiger partial charge in [0.1, 0.15) is 0 Å². The number of piperazine rings is 1. The van der Waals surface area contributed by atoms with E-state index in [2.05, 4.69) is 84.3 Å². The van der Waals surface area contributed by atoms with Gasteiger partial charge in [-0.05, 0) is 31.4 Å². The van der Waals surface area contributed by atoms with Crippen LogP contribution in [0.1, 0.15) is 31.0 Å². The zero-order valence-electron chi connectivity index (χ0n) is 14.4. The molecule has 1 saturated heterocycles. The average molecular weight is 308 g/mol. The van der Waals surface area contributed by atoms with Crippen LogP contribution in [0.4, 0.5) is 0 Å². The minimum absolute atomic E-state index is 0.480. The van der Waals surface area contributed by atoms with Gasteiger partial charge in [-0.15, -0.1) is 0 Å². The summed E-state index contributed by atoms with van der Waals surface area (Å²) in [6.45, 7) is 9.27. The van der Waals surface area contributed by atoms with E-state index in [9.17, 15) is 0 Å². The minimum atomic E-state index is 0.480. The molecule has 2 aromatic carbocycles. The van der Waals surface area contributed by atoms with Crippen molar-refractivity contribution < 1.29 is 0 Å². The summed E-state index contributed by atoms with van der Waals surface area (Å²) >= 11 is 0. The number of benzene rings is 2. The fourth-order valence-electron chi connectivity index (χ4n) is 3.54. The predicted molar refractivity (Wildman–Crippen MR) is 97.6 cm³/mol. The first-order chi connectivity index (χ1) is 11.2. The molecule has 1 atom stereocenters. The molecule has 0 saturated carbocycles. The van der Waals surface area contributed by atoms with Crippen molar-refractivity contribution in [2.75, 3.05) is 26.2 Å². The van der Waals surface area contributed by atoms with Crippen LogP contribution in [0.15, 0.2) is 60.7 Å². The Hall–Kier alpha value is -1.64. The fraction of sp³-hybridized carbons (Fsp3) is 0.429. The third-order valence-corrected chi connectivity index (χ3v) is 4.98. The SMILES string of the molecule is CC(C)N1CCN(C(Cc2ccccc2)c2ccccc2)CC1. The first-order valence-corrected chi connectivity index (χ1v) is 8.81. The van der Waals surface area contributed by atoms with Crippen molar-refractivity contribution in [3.63, 3.8) is 0 Å². The van der Waals surface area contributed by atoms with Crippen LogP contribution in [0.2, 0.25) is 0 Å².